The Hall–Kier alpha value is -3.37. The van der Waals surface area contributed by atoms with Gasteiger partial charge < -0.3 is 0 Å². The third-order valence-corrected chi connectivity index (χ3v) is 5.24. The van der Waals surface area contributed by atoms with Crippen LogP contribution in [0.1, 0.15) is 34.7 Å². The molecule has 0 nitrogen and oxygen atoms in total. The molecule has 0 N–H and O–H groups in total. The molecule has 4 aromatic rings. The highest BCUT2D eigenvalue weighted by molar-refractivity contribution is 5.83. The molecule has 0 aromatic heterocycles. The topological polar surface area (TPSA) is 0 Å². The average molecular weight is 378 g/mol. The van der Waals surface area contributed by atoms with Crippen LogP contribution < -0.4 is 0 Å². The number of fused-ring (bicyclic) bond motifs is 1. The Bertz CT molecular complexity index is 1170. The lowest BCUT2D eigenvalue weighted by atomic mass is 10.0. The van der Waals surface area contributed by atoms with Crippen molar-refractivity contribution >= 4 is 10.8 Å². The monoisotopic (exact) mass is 378 g/mol. The molecule has 0 heterocycles. The zero-order valence-electron chi connectivity index (χ0n) is 16.6. The van der Waals surface area contributed by atoms with Crippen molar-refractivity contribution in [1.29, 1.82) is 0 Å². The summed E-state index contributed by atoms with van der Waals surface area (Å²) in [5.74, 6) is 6.23. The van der Waals surface area contributed by atoms with Gasteiger partial charge in [0, 0.05) is 11.1 Å². The largest absolute Gasteiger partial charge is 0.207 e. The SMILES string of the molecule is CCc1ccc(CCc2ccc(C#Cc3ccc4cc(F)ccc4c3)cc2)cc1. The van der Waals surface area contributed by atoms with E-state index < -0.39 is 0 Å². The second-order valence-electron chi connectivity index (χ2n) is 7.32. The molecular weight excluding hydrogens is 355 g/mol. The summed E-state index contributed by atoms with van der Waals surface area (Å²) < 4.78 is 13.3. The first-order chi connectivity index (χ1) is 14.2. The van der Waals surface area contributed by atoms with Crippen LogP contribution in [0.3, 0.4) is 0 Å². The zero-order chi connectivity index (χ0) is 20.1. The average Bonchev–Trinajstić information content (AvgIpc) is 2.77. The fourth-order valence-corrected chi connectivity index (χ4v) is 3.42. The smallest absolute Gasteiger partial charge is 0.123 e. The van der Waals surface area contributed by atoms with Crippen molar-refractivity contribution in [2.75, 3.05) is 0 Å². The van der Waals surface area contributed by atoms with Crippen molar-refractivity contribution < 1.29 is 4.39 Å². The van der Waals surface area contributed by atoms with Gasteiger partial charge in [0.2, 0.25) is 0 Å². The molecule has 0 bridgehead atoms. The summed E-state index contributed by atoms with van der Waals surface area (Å²) in [7, 11) is 0. The fourth-order valence-electron chi connectivity index (χ4n) is 3.42. The number of rotatable bonds is 4. The van der Waals surface area contributed by atoms with Crippen LogP contribution in [-0.2, 0) is 19.3 Å². The molecule has 0 radical (unpaired) electrons. The van der Waals surface area contributed by atoms with Gasteiger partial charge in [-0.3, -0.25) is 0 Å². The summed E-state index contributed by atoms with van der Waals surface area (Å²) in [6.07, 6.45) is 3.16. The zero-order valence-corrected chi connectivity index (χ0v) is 16.6. The van der Waals surface area contributed by atoms with Crippen molar-refractivity contribution in [1.82, 2.24) is 0 Å². The number of aryl methyl sites for hydroxylation is 3. The predicted molar refractivity (Wildman–Crippen MR) is 120 cm³/mol. The second kappa shape index (κ2) is 8.76. The van der Waals surface area contributed by atoms with E-state index in [1.54, 1.807) is 12.1 Å². The molecule has 0 fully saturated rings. The maximum atomic E-state index is 13.3. The Kier molecular flexibility index (Phi) is 5.73. The van der Waals surface area contributed by atoms with E-state index in [2.05, 4.69) is 67.3 Å². The van der Waals surface area contributed by atoms with E-state index in [1.807, 2.05) is 18.2 Å². The van der Waals surface area contributed by atoms with E-state index in [0.717, 1.165) is 41.2 Å². The molecule has 142 valence electrons. The molecule has 0 saturated heterocycles. The number of benzene rings is 4. The van der Waals surface area contributed by atoms with Crippen molar-refractivity contribution in [2.24, 2.45) is 0 Å². The Morgan fingerprint density at radius 3 is 1.79 bits per heavy atom. The Balaban J connectivity index is 1.41. The number of hydrogen-bond acceptors (Lipinski definition) is 0. The molecule has 0 unspecified atom stereocenters. The highest BCUT2D eigenvalue weighted by atomic mass is 19.1. The summed E-state index contributed by atoms with van der Waals surface area (Å²) in [4.78, 5) is 0. The van der Waals surface area contributed by atoms with Crippen molar-refractivity contribution in [3.63, 3.8) is 0 Å². The van der Waals surface area contributed by atoms with Gasteiger partial charge in [-0.15, -0.1) is 0 Å². The van der Waals surface area contributed by atoms with Crippen molar-refractivity contribution in [3.05, 3.63) is 119 Å². The van der Waals surface area contributed by atoms with Gasteiger partial charge in [0.05, 0.1) is 0 Å². The summed E-state index contributed by atoms with van der Waals surface area (Å²) >= 11 is 0. The summed E-state index contributed by atoms with van der Waals surface area (Å²) in [6, 6.07) is 28.1. The van der Waals surface area contributed by atoms with E-state index in [-0.39, 0.29) is 5.82 Å². The third kappa shape index (κ3) is 4.92. The van der Waals surface area contributed by atoms with E-state index in [9.17, 15) is 4.39 Å². The maximum absolute atomic E-state index is 13.3. The van der Waals surface area contributed by atoms with Crippen LogP contribution in [0.4, 0.5) is 4.39 Å². The van der Waals surface area contributed by atoms with Gasteiger partial charge in [0.1, 0.15) is 5.82 Å². The van der Waals surface area contributed by atoms with Crippen LogP contribution in [-0.4, -0.2) is 0 Å². The summed E-state index contributed by atoms with van der Waals surface area (Å²) in [5.41, 5.74) is 6.02. The first-order valence-electron chi connectivity index (χ1n) is 10.1. The summed E-state index contributed by atoms with van der Waals surface area (Å²) in [6.45, 7) is 2.18. The van der Waals surface area contributed by atoms with E-state index in [1.165, 1.54) is 22.8 Å². The molecular formula is C28H23F. The number of hydrogen-bond donors (Lipinski definition) is 0. The minimum atomic E-state index is -0.214. The lowest BCUT2D eigenvalue weighted by Crippen LogP contribution is -1.92. The van der Waals surface area contributed by atoms with Crippen LogP contribution in [0.15, 0.2) is 84.9 Å². The Morgan fingerprint density at radius 2 is 1.10 bits per heavy atom. The molecule has 4 rings (SSSR count). The Morgan fingerprint density at radius 1 is 0.586 bits per heavy atom. The van der Waals surface area contributed by atoms with Gasteiger partial charge in [-0.2, -0.15) is 0 Å². The second-order valence-corrected chi connectivity index (χ2v) is 7.32. The molecule has 0 aliphatic heterocycles. The summed E-state index contributed by atoms with van der Waals surface area (Å²) in [5, 5.41) is 1.89. The fraction of sp³-hybridized carbons (Fsp3) is 0.143. The maximum Gasteiger partial charge on any atom is 0.123 e. The predicted octanol–water partition coefficient (Wildman–Crippen LogP) is 6.73. The van der Waals surface area contributed by atoms with Crippen molar-refractivity contribution in [2.45, 2.75) is 26.2 Å². The van der Waals surface area contributed by atoms with Gasteiger partial charge in [-0.25, -0.2) is 4.39 Å². The standard InChI is InChI=1S/C28H23F/c1-2-21-3-5-22(6-4-21)7-8-23-9-11-24(12-10-23)13-14-25-15-16-27-20-28(29)18-17-26(27)19-25/h3-6,9-12,15-20H,2,7-8H2,1H3. The van der Waals surface area contributed by atoms with E-state index in [0.29, 0.717) is 0 Å². The highest BCUT2D eigenvalue weighted by Gasteiger charge is 1.99. The van der Waals surface area contributed by atoms with Gasteiger partial charge >= 0.3 is 0 Å². The van der Waals surface area contributed by atoms with Crippen LogP contribution in [0, 0.1) is 17.7 Å². The molecule has 0 amide bonds. The molecule has 0 spiro atoms. The molecule has 0 aliphatic rings. The van der Waals surface area contributed by atoms with Crippen LogP contribution in [0.5, 0.6) is 0 Å². The van der Waals surface area contributed by atoms with Crippen LogP contribution in [0.2, 0.25) is 0 Å². The quantitative estimate of drug-likeness (QED) is 0.346. The molecule has 4 aromatic carbocycles. The normalized spacial score (nSPS) is 10.6. The molecule has 0 atom stereocenters. The molecule has 1 heteroatoms. The van der Waals surface area contributed by atoms with Crippen LogP contribution in [0.25, 0.3) is 10.8 Å². The van der Waals surface area contributed by atoms with Gasteiger partial charge in [-0.1, -0.05) is 67.3 Å². The molecule has 29 heavy (non-hydrogen) atoms. The molecule has 0 aliphatic carbocycles. The molecule has 0 saturated carbocycles. The Labute approximate surface area is 172 Å². The highest BCUT2D eigenvalue weighted by Crippen LogP contribution is 2.17. The lowest BCUT2D eigenvalue weighted by molar-refractivity contribution is 0.630. The van der Waals surface area contributed by atoms with Gasteiger partial charge in [-0.05, 0) is 83.1 Å². The minimum absolute atomic E-state index is 0.214. The third-order valence-electron chi connectivity index (χ3n) is 5.24. The van der Waals surface area contributed by atoms with Gasteiger partial charge in [0.15, 0.2) is 0 Å². The number of halogens is 1. The van der Waals surface area contributed by atoms with Crippen LogP contribution >= 0.6 is 0 Å². The first kappa shape index (κ1) is 19.0. The minimum Gasteiger partial charge on any atom is -0.207 e. The van der Waals surface area contributed by atoms with E-state index in [4.69, 9.17) is 0 Å². The lowest BCUT2D eigenvalue weighted by Gasteiger charge is -2.04. The van der Waals surface area contributed by atoms with Gasteiger partial charge in [0.25, 0.3) is 0 Å². The first-order valence-corrected chi connectivity index (χ1v) is 10.1. The van der Waals surface area contributed by atoms with E-state index >= 15 is 0 Å². The van der Waals surface area contributed by atoms with Crippen molar-refractivity contribution in [3.8, 4) is 11.8 Å².